The van der Waals surface area contributed by atoms with E-state index in [0.29, 0.717) is 6.10 Å². The molecular formula is C16H30N2O. The lowest BCUT2D eigenvalue weighted by Crippen LogP contribution is -2.46. The summed E-state index contributed by atoms with van der Waals surface area (Å²) in [6.07, 6.45) is 11.6. The van der Waals surface area contributed by atoms with Crippen molar-refractivity contribution in [2.75, 3.05) is 32.8 Å². The first kappa shape index (κ1) is 13.8. The largest absolute Gasteiger partial charge is 0.377 e. The number of nitrogens with zero attached hydrogens (tertiary/aromatic N) is 1. The van der Waals surface area contributed by atoms with Crippen molar-refractivity contribution in [3.05, 3.63) is 0 Å². The third kappa shape index (κ3) is 3.71. The molecule has 3 heterocycles. The molecule has 19 heavy (non-hydrogen) atoms. The Balaban J connectivity index is 1.61. The summed E-state index contributed by atoms with van der Waals surface area (Å²) in [6.45, 7) is 5.98. The second-order valence-electron chi connectivity index (χ2n) is 6.63. The monoisotopic (exact) mass is 266 g/mol. The molecule has 0 aliphatic carbocycles. The first-order valence-electron chi connectivity index (χ1n) is 8.50. The lowest BCUT2D eigenvalue weighted by molar-refractivity contribution is 0.0394. The molecule has 0 aromatic carbocycles. The van der Waals surface area contributed by atoms with Gasteiger partial charge in [-0.1, -0.05) is 12.8 Å². The summed E-state index contributed by atoms with van der Waals surface area (Å²) in [7, 11) is 0. The van der Waals surface area contributed by atoms with Crippen molar-refractivity contribution in [1.82, 2.24) is 10.2 Å². The molecule has 3 aliphatic heterocycles. The standard InChI is InChI=1S/C16H30N2O/c1-2-6-16(14-7-9-17-10-8-14)18(11-3-1)13-15-5-4-12-19-15/h14-17H,1-13H2. The summed E-state index contributed by atoms with van der Waals surface area (Å²) in [5.74, 6) is 0.931. The molecule has 3 saturated heterocycles. The van der Waals surface area contributed by atoms with Crippen LogP contribution < -0.4 is 5.32 Å². The number of ether oxygens (including phenoxy) is 1. The van der Waals surface area contributed by atoms with E-state index in [9.17, 15) is 0 Å². The molecule has 0 aromatic rings. The normalized spacial score (nSPS) is 35.4. The first-order chi connectivity index (χ1) is 9.43. The van der Waals surface area contributed by atoms with E-state index in [-0.39, 0.29) is 0 Å². The van der Waals surface area contributed by atoms with Gasteiger partial charge in [-0.2, -0.15) is 0 Å². The fraction of sp³-hybridized carbons (Fsp3) is 1.00. The number of hydrogen-bond donors (Lipinski definition) is 1. The summed E-state index contributed by atoms with van der Waals surface area (Å²) >= 11 is 0. The van der Waals surface area contributed by atoms with Gasteiger partial charge in [0.2, 0.25) is 0 Å². The van der Waals surface area contributed by atoms with Crippen molar-refractivity contribution in [1.29, 1.82) is 0 Å². The minimum absolute atomic E-state index is 0.530. The fourth-order valence-corrected chi connectivity index (χ4v) is 4.23. The first-order valence-corrected chi connectivity index (χ1v) is 8.50. The molecule has 2 atom stereocenters. The van der Waals surface area contributed by atoms with E-state index < -0.39 is 0 Å². The van der Waals surface area contributed by atoms with E-state index in [2.05, 4.69) is 10.2 Å². The zero-order valence-electron chi connectivity index (χ0n) is 12.3. The highest BCUT2D eigenvalue weighted by Gasteiger charge is 2.31. The van der Waals surface area contributed by atoms with Gasteiger partial charge < -0.3 is 10.1 Å². The number of hydrogen-bond acceptors (Lipinski definition) is 3. The van der Waals surface area contributed by atoms with Crippen LogP contribution in [-0.4, -0.2) is 49.8 Å². The molecule has 3 nitrogen and oxygen atoms in total. The van der Waals surface area contributed by atoms with E-state index >= 15 is 0 Å². The van der Waals surface area contributed by atoms with E-state index in [1.807, 2.05) is 0 Å². The smallest absolute Gasteiger partial charge is 0.0702 e. The van der Waals surface area contributed by atoms with Crippen molar-refractivity contribution in [3.63, 3.8) is 0 Å². The zero-order chi connectivity index (χ0) is 12.9. The molecule has 3 heteroatoms. The van der Waals surface area contributed by atoms with Gasteiger partial charge in [0.05, 0.1) is 6.10 Å². The second kappa shape index (κ2) is 7.05. The molecule has 0 saturated carbocycles. The van der Waals surface area contributed by atoms with Gasteiger partial charge in [0.1, 0.15) is 0 Å². The van der Waals surface area contributed by atoms with E-state index in [1.165, 1.54) is 77.5 Å². The van der Waals surface area contributed by atoms with Crippen LogP contribution >= 0.6 is 0 Å². The SMILES string of the molecule is C1CCC(C2CCNCC2)N(CC2CCCO2)CC1. The minimum atomic E-state index is 0.530. The van der Waals surface area contributed by atoms with Crippen LogP contribution in [0.15, 0.2) is 0 Å². The van der Waals surface area contributed by atoms with Crippen LogP contribution in [0.25, 0.3) is 0 Å². The van der Waals surface area contributed by atoms with Gasteiger partial charge in [0, 0.05) is 19.2 Å². The molecule has 0 radical (unpaired) electrons. The van der Waals surface area contributed by atoms with Crippen LogP contribution in [0.4, 0.5) is 0 Å². The predicted octanol–water partition coefficient (Wildman–Crippen LogP) is 2.41. The number of likely N-dealkylation sites (tertiary alicyclic amines) is 1. The Kier molecular flexibility index (Phi) is 5.14. The van der Waals surface area contributed by atoms with Gasteiger partial charge in [-0.3, -0.25) is 4.90 Å². The van der Waals surface area contributed by atoms with Crippen LogP contribution in [0.5, 0.6) is 0 Å². The summed E-state index contributed by atoms with van der Waals surface area (Å²) in [6, 6.07) is 0.841. The minimum Gasteiger partial charge on any atom is -0.377 e. The molecule has 0 spiro atoms. The van der Waals surface area contributed by atoms with Crippen molar-refractivity contribution in [3.8, 4) is 0 Å². The summed E-state index contributed by atoms with van der Waals surface area (Å²) < 4.78 is 5.88. The van der Waals surface area contributed by atoms with Gasteiger partial charge in [-0.25, -0.2) is 0 Å². The van der Waals surface area contributed by atoms with Crippen LogP contribution in [-0.2, 0) is 4.74 Å². The molecular weight excluding hydrogens is 236 g/mol. The predicted molar refractivity (Wildman–Crippen MR) is 78.4 cm³/mol. The summed E-state index contributed by atoms with van der Waals surface area (Å²) in [4.78, 5) is 2.80. The maximum absolute atomic E-state index is 5.88. The van der Waals surface area contributed by atoms with Crippen LogP contribution in [0.3, 0.4) is 0 Å². The van der Waals surface area contributed by atoms with Crippen molar-refractivity contribution >= 4 is 0 Å². The van der Waals surface area contributed by atoms with Gasteiger partial charge in [0.15, 0.2) is 0 Å². The molecule has 0 aromatic heterocycles. The maximum Gasteiger partial charge on any atom is 0.0702 e. The van der Waals surface area contributed by atoms with Crippen molar-refractivity contribution < 1.29 is 4.74 Å². The Morgan fingerprint density at radius 3 is 2.63 bits per heavy atom. The molecule has 2 unspecified atom stereocenters. The van der Waals surface area contributed by atoms with Crippen molar-refractivity contribution in [2.24, 2.45) is 5.92 Å². The molecule has 1 N–H and O–H groups in total. The zero-order valence-corrected chi connectivity index (χ0v) is 12.3. The lowest BCUT2D eigenvalue weighted by atomic mass is 9.86. The highest BCUT2D eigenvalue weighted by molar-refractivity contribution is 4.86. The Morgan fingerprint density at radius 2 is 1.84 bits per heavy atom. The highest BCUT2D eigenvalue weighted by atomic mass is 16.5. The summed E-state index contributed by atoms with van der Waals surface area (Å²) in [5.41, 5.74) is 0. The molecule has 3 aliphatic rings. The Bertz CT molecular complexity index is 259. The number of nitrogens with one attached hydrogen (secondary N) is 1. The van der Waals surface area contributed by atoms with Gasteiger partial charge in [-0.15, -0.1) is 0 Å². The topological polar surface area (TPSA) is 24.5 Å². The van der Waals surface area contributed by atoms with E-state index in [1.54, 1.807) is 0 Å². The fourth-order valence-electron chi connectivity index (χ4n) is 4.23. The molecule has 3 fully saturated rings. The maximum atomic E-state index is 5.88. The Morgan fingerprint density at radius 1 is 0.947 bits per heavy atom. The lowest BCUT2D eigenvalue weighted by Gasteiger charge is -2.39. The molecule has 110 valence electrons. The highest BCUT2D eigenvalue weighted by Crippen LogP contribution is 2.29. The number of rotatable bonds is 3. The Hall–Kier alpha value is -0.120. The van der Waals surface area contributed by atoms with Gasteiger partial charge in [-0.05, 0) is 64.1 Å². The molecule has 3 rings (SSSR count). The second-order valence-corrected chi connectivity index (χ2v) is 6.63. The molecule has 0 bridgehead atoms. The van der Waals surface area contributed by atoms with Crippen LogP contribution in [0.2, 0.25) is 0 Å². The van der Waals surface area contributed by atoms with Gasteiger partial charge >= 0.3 is 0 Å². The van der Waals surface area contributed by atoms with Crippen LogP contribution in [0.1, 0.15) is 51.4 Å². The van der Waals surface area contributed by atoms with Crippen molar-refractivity contribution in [2.45, 2.75) is 63.5 Å². The third-order valence-electron chi connectivity index (χ3n) is 5.30. The number of piperidine rings is 1. The average molecular weight is 266 g/mol. The summed E-state index contributed by atoms with van der Waals surface area (Å²) in [5, 5.41) is 3.51. The average Bonchev–Trinajstić information content (AvgIpc) is 2.85. The van der Waals surface area contributed by atoms with E-state index in [4.69, 9.17) is 4.74 Å². The quantitative estimate of drug-likeness (QED) is 0.849. The Labute approximate surface area is 118 Å². The van der Waals surface area contributed by atoms with Crippen LogP contribution in [0, 0.1) is 5.92 Å². The van der Waals surface area contributed by atoms with Gasteiger partial charge in [0.25, 0.3) is 0 Å². The van der Waals surface area contributed by atoms with E-state index in [0.717, 1.165) is 18.6 Å². The molecule has 0 amide bonds. The third-order valence-corrected chi connectivity index (χ3v) is 5.30.